The summed E-state index contributed by atoms with van der Waals surface area (Å²) in [6.07, 6.45) is -9.30. The highest BCUT2D eigenvalue weighted by molar-refractivity contribution is 14.1. The molecule has 0 aromatic heterocycles. The molecule has 0 aliphatic carbocycles. The number of benzene rings is 3. The lowest BCUT2D eigenvalue weighted by molar-refractivity contribution is -0.412. The summed E-state index contributed by atoms with van der Waals surface area (Å²) < 4.78 is 64.6. The van der Waals surface area contributed by atoms with Gasteiger partial charge in [0.2, 0.25) is 0 Å². The van der Waals surface area contributed by atoms with E-state index < -0.39 is 79.1 Å². The Kier molecular flexibility index (Phi) is 12.2. The average Bonchev–Trinajstić information content (AvgIpc) is 3.49. The van der Waals surface area contributed by atoms with Gasteiger partial charge in [0.1, 0.15) is 54.9 Å². The zero-order chi connectivity index (χ0) is 37.2. The van der Waals surface area contributed by atoms with Crippen LogP contribution in [0.4, 0.5) is 0 Å². The van der Waals surface area contributed by atoms with E-state index in [1.165, 1.54) is 0 Å². The van der Waals surface area contributed by atoms with Crippen molar-refractivity contribution in [1.82, 2.24) is 0 Å². The first-order valence-electron chi connectivity index (χ1n) is 17.9. The maximum atomic E-state index is 12.3. The first kappa shape index (κ1) is 38.7. The van der Waals surface area contributed by atoms with Gasteiger partial charge in [-0.2, -0.15) is 5.26 Å². The third-order valence-electron chi connectivity index (χ3n) is 9.91. The molecular weight excluding hydrogens is 797 g/mol. The molecule has 3 aromatic carbocycles. The van der Waals surface area contributed by atoms with Crippen molar-refractivity contribution in [2.75, 3.05) is 13.7 Å². The second-order valence-electron chi connectivity index (χ2n) is 14.2. The number of halogens is 1. The van der Waals surface area contributed by atoms with Crippen LogP contribution in [-0.4, -0.2) is 97.9 Å². The van der Waals surface area contributed by atoms with Gasteiger partial charge in [0.05, 0.1) is 25.9 Å². The van der Waals surface area contributed by atoms with E-state index in [2.05, 4.69) is 28.7 Å². The van der Waals surface area contributed by atoms with Gasteiger partial charge >= 0.3 is 0 Å². The van der Waals surface area contributed by atoms with Gasteiger partial charge in [-0.25, -0.2) is 0 Å². The van der Waals surface area contributed by atoms with Crippen molar-refractivity contribution >= 4 is 22.6 Å². The van der Waals surface area contributed by atoms with E-state index >= 15 is 0 Å². The van der Waals surface area contributed by atoms with E-state index in [0.717, 1.165) is 20.3 Å². The molecule has 7 rings (SSSR count). The van der Waals surface area contributed by atoms with Crippen LogP contribution < -0.4 is 0 Å². The van der Waals surface area contributed by atoms with Crippen LogP contribution in [0.1, 0.15) is 37.5 Å². The lowest BCUT2D eigenvalue weighted by Crippen LogP contribution is -2.70. The van der Waals surface area contributed by atoms with Crippen LogP contribution in [0, 0.1) is 14.9 Å². The number of rotatable bonds is 12. The molecule has 4 saturated heterocycles. The van der Waals surface area contributed by atoms with Crippen molar-refractivity contribution < 1.29 is 52.5 Å². The highest BCUT2D eigenvalue weighted by Gasteiger charge is 2.61. The molecule has 53 heavy (non-hydrogen) atoms. The van der Waals surface area contributed by atoms with E-state index in [-0.39, 0.29) is 19.6 Å². The fourth-order valence-electron chi connectivity index (χ4n) is 7.41. The molecule has 0 radical (unpaired) electrons. The molecule has 0 saturated carbocycles. The monoisotopic (exact) mass is 843 g/mol. The van der Waals surface area contributed by atoms with Gasteiger partial charge in [-0.1, -0.05) is 78.9 Å². The third kappa shape index (κ3) is 8.65. The minimum absolute atomic E-state index is 0.0397. The number of aliphatic hydroxyl groups is 1. The normalized spacial score (nSPS) is 36.3. The van der Waals surface area contributed by atoms with E-state index in [1.54, 1.807) is 7.11 Å². The molecule has 1 unspecified atom stereocenters. The van der Waals surface area contributed by atoms with Crippen molar-refractivity contribution in [1.29, 1.82) is 5.26 Å². The van der Waals surface area contributed by atoms with Gasteiger partial charge in [-0.3, -0.25) is 0 Å². The number of hydrogen-bond donors (Lipinski definition) is 1. The van der Waals surface area contributed by atoms with Gasteiger partial charge in [0.25, 0.3) is 5.79 Å². The summed E-state index contributed by atoms with van der Waals surface area (Å²) in [5, 5.41) is 23.0. The molecule has 0 spiro atoms. The molecule has 13 heteroatoms. The Bertz CT molecular complexity index is 1690. The third-order valence-corrected chi connectivity index (χ3v) is 11.0. The molecule has 4 aliphatic rings. The topological polar surface area (TPSA) is 136 Å². The quantitative estimate of drug-likeness (QED) is 0.245. The van der Waals surface area contributed by atoms with Gasteiger partial charge < -0.3 is 52.5 Å². The first-order valence-corrected chi connectivity index (χ1v) is 19.0. The number of nitriles is 1. The largest absolute Gasteiger partial charge is 0.387 e. The second kappa shape index (κ2) is 16.7. The number of hydrogen-bond acceptors (Lipinski definition) is 12. The average molecular weight is 844 g/mol. The predicted molar refractivity (Wildman–Crippen MR) is 197 cm³/mol. The van der Waals surface area contributed by atoms with Gasteiger partial charge in [0.15, 0.2) is 18.4 Å². The van der Waals surface area contributed by atoms with Crippen LogP contribution in [0.25, 0.3) is 0 Å². The van der Waals surface area contributed by atoms with Crippen molar-refractivity contribution in [2.45, 2.75) is 119 Å². The Morgan fingerprint density at radius 3 is 2.11 bits per heavy atom. The summed E-state index contributed by atoms with van der Waals surface area (Å²) in [7, 11) is 1.56. The van der Waals surface area contributed by atoms with Gasteiger partial charge in [0, 0.05) is 17.1 Å². The van der Waals surface area contributed by atoms with Crippen LogP contribution in [-0.2, 0) is 67.0 Å². The molecule has 0 bridgehead atoms. The smallest absolute Gasteiger partial charge is 0.264 e. The summed E-state index contributed by atoms with van der Waals surface area (Å²) >= 11 is 2.23. The van der Waals surface area contributed by atoms with Crippen LogP contribution in [0.2, 0.25) is 0 Å². The standard InChI is InChI=1S/C40H46INO11/c1-24-31(35-36(37(44-4)47-24)52-39(2,3)51-35)48-38-34(46-21-26-15-9-6-10-16-26)30(43)33-32(49-38)29(22-45-20-25-13-7-5-8-14-25)50-40(23-42,53-33)19-27-17-11-12-18-28(27)41/h5-18,24,29-38,43H,19-22H2,1-4H3/t24-,29+,30-,31-,32+,33-,34-,35+,36+,37+,38+,40?/m0/s1. The van der Waals surface area contributed by atoms with Crippen LogP contribution in [0.5, 0.6) is 0 Å². The van der Waals surface area contributed by atoms with Crippen LogP contribution in [0.3, 0.4) is 0 Å². The minimum Gasteiger partial charge on any atom is -0.387 e. The Morgan fingerprint density at radius 1 is 0.774 bits per heavy atom. The molecule has 0 amide bonds. The number of ether oxygens (including phenoxy) is 10. The van der Waals surface area contributed by atoms with Crippen molar-refractivity contribution in [3.8, 4) is 6.07 Å². The van der Waals surface area contributed by atoms with Gasteiger partial charge in [-0.05, 0) is 66.1 Å². The maximum Gasteiger partial charge on any atom is 0.264 e. The highest BCUT2D eigenvalue weighted by atomic mass is 127. The minimum atomic E-state index is -1.76. The molecular formula is C40H46INO11. The van der Waals surface area contributed by atoms with E-state index in [0.29, 0.717) is 6.61 Å². The molecule has 3 aromatic rings. The Balaban J connectivity index is 1.20. The lowest BCUT2D eigenvalue weighted by Gasteiger charge is -2.53. The SMILES string of the molecule is CO[C@@H]1O[C@@H](C)[C@H](O[C@@H]2O[C@H]3[C@@H](OC(C#N)(Cc4ccccc4I)O[C@@H]3COCc3ccccc3)[C@H](O)[C@@H]2OCc2ccccc2)[C@H]2OC(C)(C)O[C@@H]12. The molecule has 4 fully saturated rings. The molecule has 4 heterocycles. The zero-order valence-electron chi connectivity index (χ0n) is 30.1. The number of methoxy groups -OCH3 is 1. The van der Waals surface area contributed by atoms with Crippen molar-refractivity contribution in [2.24, 2.45) is 0 Å². The Hall–Kier alpha value is -2.56. The first-order chi connectivity index (χ1) is 25.6. The highest BCUT2D eigenvalue weighted by Crippen LogP contribution is 2.43. The van der Waals surface area contributed by atoms with Crippen LogP contribution in [0.15, 0.2) is 84.9 Å². The van der Waals surface area contributed by atoms with Gasteiger partial charge in [-0.15, -0.1) is 0 Å². The fraction of sp³-hybridized carbons (Fsp3) is 0.525. The number of aliphatic hydroxyl groups excluding tert-OH is 1. The second-order valence-corrected chi connectivity index (χ2v) is 15.4. The summed E-state index contributed by atoms with van der Waals surface area (Å²) in [5.74, 6) is -2.69. The summed E-state index contributed by atoms with van der Waals surface area (Å²) in [6.45, 7) is 6.00. The zero-order valence-corrected chi connectivity index (χ0v) is 32.3. The number of fused-ring (bicyclic) bond motifs is 2. The van der Waals surface area contributed by atoms with Crippen molar-refractivity contribution in [3.05, 3.63) is 105 Å². The molecule has 12 atom stereocenters. The summed E-state index contributed by atoms with van der Waals surface area (Å²) in [6, 6.07) is 29.4. The maximum absolute atomic E-state index is 12.3. The predicted octanol–water partition coefficient (Wildman–Crippen LogP) is 5.02. The van der Waals surface area contributed by atoms with Crippen LogP contribution >= 0.6 is 22.6 Å². The fourth-order valence-corrected chi connectivity index (χ4v) is 7.99. The summed E-state index contributed by atoms with van der Waals surface area (Å²) in [5.41, 5.74) is 2.72. The Labute approximate surface area is 323 Å². The molecule has 284 valence electrons. The van der Waals surface area contributed by atoms with E-state index in [9.17, 15) is 10.4 Å². The van der Waals surface area contributed by atoms with E-state index in [1.807, 2.05) is 106 Å². The Morgan fingerprint density at radius 2 is 1.43 bits per heavy atom. The number of nitrogens with zero attached hydrogens (tertiary/aromatic N) is 1. The lowest BCUT2D eigenvalue weighted by atomic mass is 9.91. The molecule has 12 nitrogen and oxygen atoms in total. The molecule has 4 aliphatic heterocycles. The molecule has 1 N–H and O–H groups in total. The van der Waals surface area contributed by atoms with Crippen molar-refractivity contribution in [3.63, 3.8) is 0 Å². The summed E-state index contributed by atoms with van der Waals surface area (Å²) in [4.78, 5) is 0. The van der Waals surface area contributed by atoms with E-state index in [4.69, 9.17) is 47.4 Å².